The molecule has 0 radical (unpaired) electrons. The molecule has 1 aliphatic rings. The summed E-state index contributed by atoms with van der Waals surface area (Å²) < 4.78 is 52.8. The van der Waals surface area contributed by atoms with Gasteiger partial charge in [-0.25, -0.2) is 17.6 Å². The number of piperazine rings is 1. The number of halogens is 4. The van der Waals surface area contributed by atoms with Gasteiger partial charge in [0.15, 0.2) is 23.3 Å². The highest BCUT2D eigenvalue weighted by molar-refractivity contribution is 5.47. The van der Waals surface area contributed by atoms with Gasteiger partial charge in [0.1, 0.15) is 5.69 Å². The highest BCUT2D eigenvalue weighted by Crippen LogP contribution is 2.23. The predicted molar refractivity (Wildman–Crippen MR) is 68.7 cm³/mol. The Hall–Kier alpha value is -1.34. The average Bonchev–Trinajstić information content (AvgIpc) is 2.42. The second kappa shape index (κ2) is 6.41. The van der Waals surface area contributed by atoms with Gasteiger partial charge in [0, 0.05) is 45.3 Å². The Morgan fingerprint density at radius 1 is 1.00 bits per heavy atom. The quantitative estimate of drug-likeness (QED) is 0.675. The molecule has 2 rings (SSSR count). The van der Waals surface area contributed by atoms with E-state index in [4.69, 9.17) is 0 Å². The van der Waals surface area contributed by atoms with Crippen LogP contribution in [0.1, 0.15) is 0 Å². The molecule has 20 heavy (non-hydrogen) atoms. The minimum atomic E-state index is -1.40. The van der Waals surface area contributed by atoms with Crippen LogP contribution in [0.25, 0.3) is 0 Å². The van der Waals surface area contributed by atoms with E-state index in [9.17, 15) is 17.6 Å². The number of benzene rings is 1. The van der Waals surface area contributed by atoms with Gasteiger partial charge in [-0.3, -0.25) is 4.90 Å². The first-order chi connectivity index (χ1) is 9.49. The standard InChI is InChI=1S/C13H17F4N3/c1-19-4-6-20(7-5-19)3-2-18-13-11(16)9(14)8-10(15)12(13)17/h8,18H,2-7H2,1H3. The van der Waals surface area contributed by atoms with Gasteiger partial charge < -0.3 is 10.2 Å². The van der Waals surface area contributed by atoms with E-state index in [1.165, 1.54) is 0 Å². The number of likely N-dealkylation sites (N-methyl/N-ethyl adjacent to an activating group) is 1. The number of rotatable bonds is 4. The third kappa shape index (κ3) is 3.40. The van der Waals surface area contributed by atoms with Gasteiger partial charge in [0.2, 0.25) is 0 Å². The molecule has 0 aromatic heterocycles. The van der Waals surface area contributed by atoms with Crippen LogP contribution < -0.4 is 5.32 Å². The molecular formula is C13H17F4N3. The van der Waals surface area contributed by atoms with Crippen LogP contribution in [0.2, 0.25) is 0 Å². The van der Waals surface area contributed by atoms with Crippen molar-refractivity contribution in [3.8, 4) is 0 Å². The van der Waals surface area contributed by atoms with Crippen molar-refractivity contribution in [3.63, 3.8) is 0 Å². The van der Waals surface area contributed by atoms with E-state index in [1.54, 1.807) is 0 Å². The van der Waals surface area contributed by atoms with Gasteiger partial charge in [-0.05, 0) is 7.05 Å². The number of anilines is 1. The van der Waals surface area contributed by atoms with Crippen LogP contribution in [-0.4, -0.2) is 56.1 Å². The van der Waals surface area contributed by atoms with Gasteiger partial charge in [-0.2, -0.15) is 0 Å². The maximum absolute atomic E-state index is 13.4. The molecule has 1 saturated heterocycles. The maximum Gasteiger partial charge on any atom is 0.185 e. The van der Waals surface area contributed by atoms with Crippen molar-refractivity contribution in [2.75, 3.05) is 51.6 Å². The Balaban J connectivity index is 1.91. The second-order valence-electron chi connectivity index (χ2n) is 4.91. The first kappa shape index (κ1) is 15.1. The largest absolute Gasteiger partial charge is 0.379 e. The zero-order valence-electron chi connectivity index (χ0n) is 11.2. The van der Waals surface area contributed by atoms with E-state index in [1.807, 2.05) is 7.05 Å². The van der Waals surface area contributed by atoms with E-state index in [-0.39, 0.29) is 12.6 Å². The van der Waals surface area contributed by atoms with Crippen molar-refractivity contribution in [1.82, 2.24) is 9.80 Å². The SMILES string of the molecule is CN1CCN(CCNc2c(F)c(F)cc(F)c2F)CC1. The number of nitrogens with zero attached hydrogens (tertiary/aromatic N) is 2. The van der Waals surface area contributed by atoms with Gasteiger partial charge in [-0.15, -0.1) is 0 Å². The lowest BCUT2D eigenvalue weighted by molar-refractivity contribution is 0.158. The molecule has 1 aliphatic heterocycles. The summed E-state index contributed by atoms with van der Waals surface area (Å²) in [6, 6.07) is 0.205. The fraction of sp³-hybridized carbons (Fsp3) is 0.538. The molecule has 0 bridgehead atoms. The molecule has 1 aromatic carbocycles. The molecule has 0 saturated carbocycles. The second-order valence-corrected chi connectivity index (χ2v) is 4.91. The molecule has 0 atom stereocenters. The zero-order valence-corrected chi connectivity index (χ0v) is 11.2. The highest BCUT2D eigenvalue weighted by atomic mass is 19.2. The third-order valence-electron chi connectivity index (χ3n) is 3.44. The van der Waals surface area contributed by atoms with Crippen molar-refractivity contribution in [2.24, 2.45) is 0 Å². The normalized spacial score (nSPS) is 17.4. The maximum atomic E-state index is 13.4. The van der Waals surface area contributed by atoms with Crippen molar-refractivity contribution in [1.29, 1.82) is 0 Å². The summed E-state index contributed by atoms with van der Waals surface area (Å²) in [5.41, 5.74) is -0.739. The van der Waals surface area contributed by atoms with Crippen molar-refractivity contribution in [3.05, 3.63) is 29.3 Å². The van der Waals surface area contributed by atoms with Gasteiger partial charge in [0.25, 0.3) is 0 Å². The minimum absolute atomic E-state index is 0.205. The van der Waals surface area contributed by atoms with Crippen molar-refractivity contribution >= 4 is 5.69 Å². The van der Waals surface area contributed by atoms with E-state index in [0.29, 0.717) is 6.54 Å². The lowest BCUT2D eigenvalue weighted by Crippen LogP contribution is -2.45. The molecule has 1 fully saturated rings. The smallest absolute Gasteiger partial charge is 0.185 e. The molecular weight excluding hydrogens is 274 g/mol. The number of hydrogen-bond acceptors (Lipinski definition) is 3. The lowest BCUT2D eigenvalue weighted by atomic mass is 10.2. The predicted octanol–water partition coefficient (Wildman–Crippen LogP) is 1.90. The lowest BCUT2D eigenvalue weighted by Gasteiger charge is -2.32. The fourth-order valence-corrected chi connectivity index (χ4v) is 2.14. The molecule has 1 heterocycles. The van der Waals surface area contributed by atoms with Crippen molar-refractivity contribution < 1.29 is 17.6 Å². The molecule has 3 nitrogen and oxygen atoms in total. The number of hydrogen-bond donors (Lipinski definition) is 1. The Labute approximate surface area is 115 Å². The molecule has 0 spiro atoms. The molecule has 7 heteroatoms. The van der Waals surface area contributed by atoms with Gasteiger partial charge in [0.05, 0.1) is 0 Å². The molecule has 0 aliphatic carbocycles. The Kier molecular flexibility index (Phi) is 4.82. The first-order valence-corrected chi connectivity index (χ1v) is 6.47. The topological polar surface area (TPSA) is 18.5 Å². The van der Waals surface area contributed by atoms with Crippen LogP contribution in [0.4, 0.5) is 23.2 Å². The minimum Gasteiger partial charge on any atom is -0.379 e. The van der Waals surface area contributed by atoms with Crippen LogP contribution in [0, 0.1) is 23.3 Å². The van der Waals surface area contributed by atoms with Gasteiger partial charge >= 0.3 is 0 Å². The van der Waals surface area contributed by atoms with Crippen LogP contribution in [0.5, 0.6) is 0 Å². The number of nitrogens with one attached hydrogen (secondary N) is 1. The van der Waals surface area contributed by atoms with Crippen LogP contribution >= 0.6 is 0 Å². The summed E-state index contributed by atoms with van der Waals surface area (Å²) in [6.45, 7) is 4.36. The summed E-state index contributed by atoms with van der Waals surface area (Å²) >= 11 is 0. The Morgan fingerprint density at radius 3 is 2.10 bits per heavy atom. The summed E-state index contributed by atoms with van der Waals surface area (Å²) in [7, 11) is 2.02. The van der Waals surface area contributed by atoms with Crippen LogP contribution in [-0.2, 0) is 0 Å². The van der Waals surface area contributed by atoms with E-state index >= 15 is 0 Å². The summed E-state index contributed by atoms with van der Waals surface area (Å²) in [5.74, 6) is -5.57. The summed E-state index contributed by atoms with van der Waals surface area (Å²) in [4.78, 5) is 4.31. The molecule has 112 valence electrons. The van der Waals surface area contributed by atoms with E-state index in [0.717, 1.165) is 26.2 Å². The van der Waals surface area contributed by atoms with Crippen molar-refractivity contribution in [2.45, 2.75) is 0 Å². The van der Waals surface area contributed by atoms with E-state index < -0.39 is 29.0 Å². The molecule has 1 aromatic rings. The zero-order chi connectivity index (χ0) is 14.7. The molecule has 0 amide bonds. The van der Waals surface area contributed by atoms with Crippen LogP contribution in [0.3, 0.4) is 0 Å². The highest BCUT2D eigenvalue weighted by Gasteiger charge is 2.19. The third-order valence-corrected chi connectivity index (χ3v) is 3.44. The Bertz CT molecular complexity index is 447. The monoisotopic (exact) mass is 291 g/mol. The Morgan fingerprint density at radius 2 is 1.55 bits per heavy atom. The molecule has 0 unspecified atom stereocenters. The first-order valence-electron chi connectivity index (χ1n) is 6.47. The van der Waals surface area contributed by atoms with E-state index in [2.05, 4.69) is 15.1 Å². The fourth-order valence-electron chi connectivity index (χ4n) is 2.14. The van der Waals surface area contributed by atoms with Crippen LogP contribution in [0.15, 0.2) is 6.07 Å². The molecule has 1 N–H and O–H groups in total. The average molecular weight is 291 g/mol. The summed E-state index contributed by atoms with van der Waals surface area (Å²) in [6.07, 6.45) is 0. The summed E-state index contributed by atoms with van der Waals surface area (Å²) in [5, 5.41) is 2.44. The van der Waals surface area contributed by atoms with Gasteiger partial charge in [-0.1, -0.05) is 0 Å².